The van der Waals surface area contributed by atoms with Crippen LogP contribution in [0.4, 0.5) is 0 Å². The zero-order valence-electron chi connectivity index (χ0n) is 12.8. The number of carbonyl (C=O) groups is 1. The van der Waals surface area contributed by atoms with Crippen molar-refractivity contribution >= 4 is 5.91 Å². The molecule has 1 atom stereocenters. The highest BCUT2D eigenvalue weighted by atomic mass is 16.3. The zero-order chi connectivity index (χ0) is 15.4. The Morgan fingerprint density at radius 2 is 1.95 bits per heavy atom. The number of aromatic nitrogens is 1. The number of rotatable bonds is 5. The Hall–Kier alpha value is -2.07. The van der Waals surface area contributed by atoms with Crippen LogP contribution in [0.1, 0.15) is 28.7 Å². The quantitative estimate of drug-likeness (QED) is 0.887. The van der Waals surface area contributed by atoms with Crippen LogP contribution in [0.25, 0.3) is 5.69 Å². The van der Waals surface area contributed by atoms with Crippen LogP contribution >= 0.6 is 0 Å². The summed E-state index contributed by atoms with van der Waals surface area (Å²) in [6.45, 7) is 6.39. The van der Waals surface area contributed by atoms with E-state index in [2.05, 4.69) is 9.88 Å². The minimum atomic E-state index is -0.0921. The lowest BCUT2D eigenvalue weighted by Crippen LogP contribution is -2.29. The molecule has 1 unspecified atom stereocenters. The number of nitrogens with zero attached hydrogens (tertiary/aromatic N) is 1. The molecule has 4 heteroatoms. The predicted octanol–water partition coefficient (Wildman–Crippen LogP) is 2.45. The van der Waals surface area contributed by atoms with Gasteiger partial charge in [0.15, 0.2) is 0 Å². The van der Waals surface area contributed by atoms with E-state index in [1.54, 1.807) is 0 Å². The van der Waals surface area contributed by atoms with Gasteiger partial charge in [-0.25, -0.2) is 0 Å². The van der Waals surface area contributed by atoms with Gasteiger partial charge in [0.25, 0.3) is 5.91 Å². The maximum atomic E-state index is 12.3. The Bertz CT molecular complexity index is 617. The first-order valence-electron chi connectivity index (χ1n) is 7.18. The second-order valence-electron chi connectivity index (χ2n) is 5.45. The zero-order valence-corrected chi connectivity index (χ0v) is 12.8. The van der Waals surface area contributed by atoms with Gasteiger partial charge in [0.05, 0.1) is 5.56 Å². The lowest BCUT2D eigenvalue weighted by molar-refractivity contribution is 0.0941. The average Bonchev–Trinajstić information content (AvgIpc) is 2.80. The summed E-state index contributed by atoms with van der Waals surface area (Å²) in [5.74, 6) is -0.0304. The van der Waals surface area contributed by atoms with Crippen molar-refractivity contribution in [2.45, 2.75) is 20.8 Å². The molecule has 1 aromatic heterocycles. The van der Waals surface area contributed by atoms with E-state index in [0.29, 0.717) is 12.1 Å². The van der Waals surface area contributed by atoms with Gasteiger partial charge in [-0.15, -0.1) is 0 Å². The van der Waals surface area contributed by atoms with Crippen molar-refractivity contribution in [2.24, 2.45) is 5.92 Å². The number of hydrogen-bond donors (Lipinski definition) is 2. The number of aliphatic hydroxyl groups is 1. The van der Waals surface area contributed by atoms with E-state index >= 15 is 0 Å². The Labute approximate surface area is 125 Å². The number of nitrogens with one attached hydrogen (secondary N) is 1. The third-order valence-corrected chi connectivity index (χ3v) is 3.61. The third kappa shape index (κ3) is 3.34. The van der Waals surface area contributed by atoms with Gasteiger partial charge in [-0.3, -0.25) is 4.79 Å². The molecule has 4 nitrogen and oxygen atoms in total. The second kappa shape index (κ2) is 6.59. The first-order chi connectivity index (χ1) is 10.0. The summed E-state index contributed by atoms with van der Waals surface area (Å²) < 4.78 is 2.07. The van der Waals surface area contributed by atoms with Gasteiger partial charge < -0.3 is 15.0 Å². The Morgan fingerprint density at radius 1 is 1.29 bits per heavy atom. The number of amides is 1. The number of carbonyl (C=O) groups excluding carboxylic acids is 1. The molecule has 1 heterocycles. The van der Waals surface area contributed by atoms with Crippen LogP contribution in [-0.2, 0) is 0 Å². The third-order valence-electron chi connectivity index (χ3n) is 3.61. The number of benzene rings is 1. The number of para-hydroxylation sites is 1. The van der Waals surface area contributed by atoms with E-state index in [-0.39, 0.29) is 18.4 Å². The first kappa shape index (κ1) is 15.3. The van der Waals surface area contributed by atoms with E-state index in [0.717, 1.165) is 17.1 Å². The Morgan fingerprint density at radius 3 is 2.57 bits per heavy atom. The average molecular weight is 286 g/mol. The van der Waals surface area contributed by atoms with E-state index in [1.165, 1.54) is 0 Å². The standard InChI is InChI=1S/C17H22N2O2/c1-12(11-20)10-18-17(21)16-9-13(2)19(14(16)3)15-7-5-4-6-8-15/h4-9,12,20H,10-11H2,1-3H3,(H,18,21). The van der Waals surface area contributed by atoms with Crippen LogP contribution in [0, 0.1) is 19.8 Å². The molecule has 1 aromatic carbocycles. The summed E-state index contributed by atoms with van der Waals surface area (Å²) >= 11 is 0. The molecule has 0 aliphatic rings. The van der Waals surface area contributed by atoms with Crippen LogP contribution < -0.4 is 5.32 Å². The molecule has 112 valence electrons. The van der Waals surface area contributed by atoms with E-state index in [1.807, 2.05) is 57.2 Å². The van der Waals surface area contributed by atoms with Gasteiger partial charge in [-0.2, -0.15) is 0 Å². The molecular weight excluding hydrogens is 264 g/mol. The molecule has 0 saturated heterocycles. The predicted molar refractivity (Wildman–Crippen MR) is 83.8 cm³/mol. The fraction of sp³-hybridized carbons (Fsp3) is 0.353. The van der Waals surface area contributed by atoms with Gasteiger partial charge in [-0.05, 0) is 38.0 Å². The van der Waals surface area contributed by atoms with Gasteiger partial charge >= 0.3 is 0 Å². The lowest BCUT2D eigenvalue weighted by atomic mass is 10.2. The van der Waals surface area contributed by atoms with E-state index < -0.39 is 0 Å². The topological polar surface area (TPSA) is 54.3 Å². The lowest BCUT2D eigenvalue weighted by Gasteiger charge is -2.11. The normalized spacial score (nSPS) is 12.2. The minimum Gasteiger partial charge on any atom is -0.396 e. The molecule has 1 amide bonds. The van der Waals surface area contributed by atoms with Crippen molar-refractivity contribution < 1.29 is 9.90 Å². The highest BCUT2D eigenvalue weighted by Gasteiger charge is 2.16. The van der Waals surface area contributed by atoms with Gasteiger partial charge in [0.2, 0.25) is 0 Å². The van der Waals surface area contributed by atoms with Crippen LogP contribution in [0.15, 0.2) is 36.4 Å². The molecule has 21 heavy (non-hydrogen) atoms. The second-order valence-corrected chi connectivity index (χ2v) is 5.45. The van der Waals surface area contributed by atoms with Crippen LogP contribution in [-0.4, -0.2) is 28.7 Å². The van der Waals surface area contributed by atoms with Crippen molar-refractivity contribution in [1.29, 1.82) is 0 Å². The Balaban J connectivity index is 2.25. The molecule has 2 N–H and O–H groups in total. The molecule has 0 bridgehead atoms. The number of aliphatic hydroxyl groups excluding tert-OH is 1. The molecule has 2 rings (SSSR count). The molecule has 0 aliphatic heterocycles. The SMILES string of the molecule is Cc1cc(C(=O)NCC(C)CO)c(C)n1-c1ccccc1. The first-order valence-corrected chi connectivity index (χ1v) is 7.18. The van der Waals surface area contributed by atoms with Crippen molar-refractivity contribution in [3.05, 3.63) is 53.3 Å². The number of aryl methyl sites for hydroxylation is 1. The van der Waals surface area contributed by atoms with Crippen molar-refractivity contribution in [1.82, 2.24) is 9.88 Å². The van der Waals surface area contributed by atoms with E-state index in [4.69, 9.17) is 5.11 Å². The highest BCUT2D eigenvalue weighted by molar-refractivity contribution is 5.95. The smallest absolute Gasteiger partial charge is 0.253 e. The molecule has 0 aliphatic carbocycles. The Kier molecular flexibility index (Phi) is 4.81. The monoisotopic (exact) mass is 286 g/mol. The summed E-state index contributed by atoms with van der Waals surface area (Å²) in [5.41, 5.74) is 3.68. The molecule has 0 saturated carbocycles. The summed E-state index contributed by atoms with van der Waals surface area (Å²) in [4.78, 5) is 12.3. The number of hydrogen-bond acceptors (Lipinski definition) is 2. The molecule has 0 radical (unpaired) electrons. The molecule has 2 aromatic rings. The van der Waals surface area contributed by atoms with Gasteiger partial charge in [0.1, 0.15) is 0 Å². The van der Waals surface area contributed by atoms with Crippen LogP contribution in [0.2, 0.25) is 0 Å². The molecule has 0 fully saturated rings. The minimum absolute atomic E-state index is 0.0616. The maximum absolute atomic E-state index is 12.3. The highest BCUT2D eigenvalue weighted by Crippen LogP contribution is 2.20. The summed E-state index contributed by atoms with van der Waals surface area (Å²) in [6.07, 6.45) is 0. The summed E-state index contributed by atoms with van der Waals surface area (Å²) in [6, 6.07) is 11.9. The van der Waals surface area contributed by atoms with Gasteiger partial charge in [-0.1, -0.05) is 25.1 Å². The largest absolute Gasteiger partial charge is 0.396 e. The van der Waals surface area contributed by atoms with Crippen LogP contribution in [0.5, 0.6) is 0 Å². The van der Waals surface area contributed by atoms with Crippen LogP contribution in [0.3, 0.4) is 0 Å². The van der Waals surface area contributed by atoms with Gasteiger partial charge in [0, 0.05) is 30.2 Å². The fourth-order valence-corrected chi connectivity index (χ4v) is 2.39. The summed E-state index contributed by atoms with van der Waals surface area (Å²) in [7, 11) is 0. The fourth-order valence-electron chi connectivity index (χ4n) is 2.39. The summed E-state index contributed by atoms with van der Waals surface area (Å²) in [5, 5.41) is 11.9. The molecular formula is C17H22N2O2. The maximum Gasteiger partial charge on any atom is 0.253 e. The molecule has 0 spiro atoms. The van der Waals surface area contributed by atoms with Crippen molar-refractivity contribution in [2.75, 3.05) is 13.2 Å². The van der Waals surface area contributed by atoms with Crippen molar-refractivity contribution in [3.8, 4) is 5.69 Å². The van der Waals surface area contributed by atoms with Crippen molar-refractivity contribution in [3.63, 3.8) is 0 Å². The van der Waals surface area contributed by atoms with E-state index in [9.17, 15) is 4.79 Å².